The van der Waals surface area contributed by atoms with Gasteiger partial charge >= 0.3 is 6.03 Å². The molecule has 3 N–H and O–H groups in total. The minimum Gasteiger partial charge on any atom is -0.396 e. The Labute approximate surface area is 172 Å². The average molecular weight is 410 g/mol. The molecular weight excluding hydrogens is 390 g/mol. The number of nitrogen functional groups attached to an aromatic ring is 1. The van der Waals surface area contributed by atoms with Gasteiger partial charge in [-0.15, -0.1) is 0 Å². The van der Waals surface area contributed by atoms with Gasteiger partial charge in [0.15, 0.2) is 5.82 Å². The third kappa shape index (κ3) is 3.91. The number of nitrogens with one attached hydrogen (secondary N) is 1. The van der Waals surface area contributed by atoms with Gasteiger partial charge in [0.05, 0.1) is 11.4 Å². The largest absolute Gasteiger partial charge is 0.396 e. The van der Waals surface area contributed by atoms with Crippen LogP contribution in [-0.2, 0) is 0 Å². The number of carbonyl (C=O) groups excluding carboxylic acids is 1. The van der Waals surface area contributed by atoms with Crippen LogP contribution in [0.4, 0.5) is 25.1 Å². The summed E-state index contributed by atoms with van der Waals surface area (Å²) in [6.45, 7) is 3.14. The number of nitrogens with zero attached hydrogens (tertiary/aromatic N) is 4. The molecule has 3 heterocycles. The van der Waals surface area contributed by atoms with E-state index in [9.17, 15) is 13.6 Å². The maximum atomic E-state index is 14.1. The lowest BCUT2D eigenvalue weighted by atomic mass is 9.86. The van der Waals surface area contributed by atoms with Crippen LogP contribution in [0, 0.1) is 17.6 Å². The Morgan fingerprint density at radius 1 is 1.20 bits per heavy atom. The number of rotatable bonds is 4. The molecule has 2 aromatic heterocycles. The lowest BCUT2D eigenvalue weighted by Crippen LogP contribution is -2.53. The van der Waals surface area contributed by atoms with Crippen LogP contribution in [0.15, 0.2) is 48.8 Å². The van der Waals surface area contributed by atoms with E-state index in [0.29, 0.717) is 13.1 Å². The van der Waals surface area contributed by atoms with Gasteiger partial charge in [0.1, 0.15) is 17.5 Å². The lowest BCUT2D eigenvalue weighted by Gasteiger charge is -2.41. The molecule has 0 aliphatic carbocycles. The van der Waals surface area contributed by atoms with Gasteiger partial charge in [0.25, 0.3) is 0 Å². The summed E-state index contributed by atoms with van der Waals surface area (Å²) in [6, 6.07) is 7.68. The number of anilines is 2. The van der Waals surface area contributed by atoms with Gasteiger partial charge in [-0.3, -0.25) is 5.32 Å². The van der Waals surface area contributed by atoms with Crippen molar-refractivity contribution in [2.24, 2.45) is 5.92 Å². The predicted octanol–water partition coefficient (Wildman–Crippen LogP) is 3.67. The van der Waals surface area contributed by atoms with Crippen molar-refractivity contribution in [1.29, 1.82) is 0 Å². The smallest absolute Gasteiger partial charge is 0.323 e. The van der Waals surface area contributed by atoms with E-state index in [-0.39, 0.29) is 40.6 Å². The molecule has 1 saturated heterocycles. The topological polar surface area (TPSA) is 97.0 Å². The molecule has 3 aromatic rings. The van der Waals surface area contributed by atoms with Gasteiger partial charge in [0, 0.05) is 48.9 Å². The van der Waals surface area contributed by atoms with Crippen LogP contribution in [0.1, 0.15) is 18.7 Å². The molecule has 1 unspecified atom stereocenters. The van der Waals surface area contributed by atoms with E-state index in [2.05, 4.69) is 20.3 Å². The second-order valence-electron chi connectivity index (χ2n) is 7.25. The molecule has 1 aliphatic heterocycles. The summed E-state index contributed by atoms with van der Waals surface area (Å²) in [5.41, 5.74) is 6.53. The van der Waals surface area contributed by atoms with E-state index < -0.39 is 11.6 Å². The molecule has 0 spiro atoms. The lowest BCUT2D eigenvalue weighted by molar-refractivity contribution is 0.115. The molecular formula is C21H20F2N6O. The number of hydrogen-bond donors (Lipinski definition) is 2. The van der Waals surface area contributed by atoms with Gasteiger partial charge < -0.3 is 10.6 Å². The number of amides is 2. The molecule has 1 atom stereocenters. The zero-order valence-electron chi connectivity index (χ0n) is 16.2. The van der Waals surface area contributed by atoms with E-state index in [4.69, 9.17) is 5.73 Å². The van der Waals surface area contributed by atoms with Crippen molar-refractivity contribution in [2.45, 2.75) is 12.8 Å². The third-order valence-corrected chi connectivity index (χ3v) is 5.26. The summed E-state index contributed by atoms with van der Waals surface area (Å²) in [4.78, 5) is 27.0. The van der Waals surface area contributed by atoms with Gasteiger partial charge in [-0.1, -0.05) is 6.92 Å². The number of urea groups is 1. The molecule has 7 nitrogen and oxygen atoms in total. The van der Waals surface area contributed by atoms with E-state index in [1.807, 2.05) is 6.92 Å². The predicted molar refractivity (Wildman–Crippen MR) is 109 cm³/mol. The van der Waals surface area contributed by atoms with Crippen LogP contribution < -0.4 is 11.1 Å². The number of nitrogens with two attached hydrogens (primary N) is 1. The summed E-state index contributed by atoms with van der Waals surface area (Å²) < 4.78 is 27.2. The molecule has 1 fully saturated rings. The van der Waals surface area contributed by atoms with Gasteiger partial charge in [-0.05, 0) is 30.3 Å². The van der Waals surface area contributed by atoms with Crippen LogP contribution in [0.25, 0.3) is 11.3 Å². The molecule has 9 heteroatoms. The highest BCUT2D eigenvalue weighted by atomic mass is 19.1. The minimum absolute atomic E-state index is 0.118. The summed E-state index contributed by atoms with van der Waals surface area (Å²) in [7, 11) is 0. The van der Waals surface area contributed by atoms with E-state index in [1.165, 1.54) is 18.2 Å². The molecule has 30 heavy (non-hydrogen) atoms. The second kappa shape index (κ2) is 8.02. The molecule has 1 aromatic carbocycles. The van der Waals surface area contributed by atoms with Gasteiger partial charge in [-0.2, -0.15) is 0 Å². The molecule has 0 bridgehead atoms. The fourth-order valence-electron chi connectivity index (χ4n) is 3.35. The van der Waals surface area contributed by atoms with E-state index in [1.54, 1.807) is 23.4 Å². The van der Waals surface area contributed by atoms with Crippen LogP contribution in [-0.4, -0.2) is 39.0 Å². The Kier molecular flexibility index (Phi) is 5.26. The zero-order chi connectivity index (χ0) is 21.3. The van der Waals surface area contributed by atoms with E-state index >= 15 is 0 Å². The van der Waals surface area contributed by atoms with Crippen LogP contribution in [0.3, 0.4) is 0 Å². The number of benzene rings is 1. The van der Waals surface area contributed by atoms with Gasteiger partial charge in [-0.25, -0.2) is 28.5 Å². The number of pyridine rings is 1. The summed E-state index contributed by atoms with van der Waals surface area (Å²) in [6.07, 6.45) is 3.40. The maximum absolute atomic E-state index is 14.1. The molecule has 154 valence electrons. The minimum atomic E-state index is -0.743. The Balaban J connectivity index is 1.43. The Morgan fingerprint density at radius 2 is 1.93 bits per heavy atom. The first-order valence-corrected chi connectivity index (χ1v) is 9.47. The highest BCUT2D eigenvalue weighted by Gasteiger charge is 2.36. The number of likely N-dealkylation sites (tertiary alicyclic amines) is 1. The summed E-state index contributed by atoms with van der Waals surface area (Å²) >= 11 is 0. The maximum Gasteiger partial charge on any atom is 0.323 e. The van der Waals surface area contributed by atoms with Crippen molar-refractivity contribution in [2.75, 3.05) is 24.1 Å². The molecule has 4 rings (SSSR count). The highest BCUT2D eigenvalue weighted by molar-refractivity contribution is 5.92. The van der Waals surface area contributed by atoms with Crippen LogP contribution in [0.5, 0.6) is 0 Å². The quantitative estimate of drug-likeness (QED) is 0.684. The zero-order valence-corrected chi connectivity index (χ0v) is 16.2. The normalized spacial score (nSPS) is 14.8. The number of halogens is 2. The molecule has 0 saturated carbocycles. The number of carbonyl (C=O) groups is 1. The second-order valence-corrected chi connectivity index (χ2v) is 7.25. The summed E-state index contributed by atoms with van der Waals surface area (Å²) in [5, 5.41) is 2.68. The standard InChI is InChI=1S/C21H20F2N6O/c1-12(19-25-7-2-8-26-19)13-10-29(11-13)21(30)28-20-17(24)5-6-18(27-20)15-4-3-14(22)9-16(15)23/h2-9,12-13H,10-11,24H2,1H3,(H,27,28,30). The van der Waals surface area contributed by atoms with Crippen LogP contribution in [0.2, 0.25) is 0 Å². The molecule has 2 amide bonds. The number of aromatic nitrogens is 3. The summed E-state index contributed by atoms with van der Waals surface area (Å²) in [5.74, 6) is -0.159. The van der Waals surface area contributed by atoms with Crippen molar-refractivity contribution in [3.8, 4) is 11.3 Å². The molecule has 1 aliphatic rings. The highest BCUT2D eigenvalue weighted by Crippen LogP contribution is 2.31. The first-order valence-electron chi connectivity index (χ1n) is 9.47. The monoisotopic (exact) mass is 410 g/mol. The SMILES string of the molecule is CC(c1ncccn1)C1CN(C(=O)Nc2nc(-c3ccc(F)cc3F)ccc2N)C1. The average Bonchev–Trinajstić information content (AvgIpc) is 2.69. The Bertz CT molecular complexity index is 1070. The van der Waals surface area contributed by atoms with Crippen molar-refractivity contribution in [1.82, 2.24) is 19.9 Å². The Morgan fingerprint density at radius 3 is 2.63 bits per heavy atom. The fraction of sp³-hybridized carbons (Fsp3) is 0.238. The van der Waals surface area contributed by atoms with Crippen molar-refractivity contribution >= 4 is 17.5 Å². The van der Waals surface area contributed by atoms with Crippen molar-refractivity contribution < 1.29 is 13.6 Å². The van der Waals surface area contributed by atoms with Crippen LogP contribution >= 0.6 is 0 Å². The van der Waals surface area contributed by atoms with Crippen molar-refractivity contribution in [3.05, 3.63) is 66.3 Å². The van der Waals surface area contributed by atoms with Gasteiger partial charge in [0.2, 0.25) is 0 Å². The molecule has 0 radical (unpaired) electrons. The third-order valence-electron chi connectivity index (χ3n) is 5.26. The fourth-order valence-corrected chi connectivity index (χ4v) is 3.35. The first kappa shape index (κ1) is 19.7. The Hall–Kier alpha value is -3.62. The van der Waals surface area contributed by atoms with Crippen molar-refractivity contribution in [3.63, 3.8) is 0 Å². The first-order chi connectivity index (χ1) is 14.4. The van der Waals surface area contributed by atoms with E-state index in [0.717, 1.165) is 18.0 Å². The number of hydrogen-bond acceptors (Lipinski definition) is 5.